The Bertz CT molecular complexity index is 745. The minimum Gasteiger partial charge on any atom is -0.367 e. The topological polar surface area (TPSA) is 35.6 Å². The van der Waals surface area contributed by atoms with Gasteiger partial charge in [0.05, 0.1) is 22.0 Å². The third-order valence-electron chi connectivity index (χ3n) is 4.17. The van der Waals surface area contributed by atoms with Gasteiger partial charge in [0.2, 0.25) is 0 Å². The van der Waals surface area contributed by atoms with E-state index in [2.05, 4.69) is 22.2 Å². The van der Waals surface area contributed by atoms with E-state index < -0.39 is 5.82 Å². The average Bonchev–Trinajstić information content (AvgIpc) is 2.56. The van der Waals surface area contributed by atoms with E-state index in [-0.39, 0.29) is 16.5 Å². The molecule has 0 aliphatic carbocycles. The number of hydrogen-bond acceptors (Lipinski definition) is 3. The quantitative estimate of drug-likeness (QED) is 0.923. The molecule has 0 radical (unpaired) electrons. The number of rotatable bonds is 3. The lowest BCUT2D eigenvalue weighted by molar-refractivity contribution is 0.102. The van der Waals surface area contributed by atoms with Crippen LogP contribution in [0.15, 0.2) is 42.5 Å². The van der Waals surface area contributed by atoms with Crippen molar-refractivity contribution in [3.63, 3.8) is 0 Å². The predicted octanol–water partition coefficient (Wildman–Crippen LogP) is 3.48. The first-order chi connectivity index (χ1) is 11.5. The molecule has 0 saturated carbocycles. The molecule has 4 nitrogen and oxygen atoms in total. The molecule has 2 aromatic rings. The average molecular weight is 348 g/mol. The van der Waals surface area contributed by atoms with E-state index >= 15 is 0 Å². The maximum absolute atomic E-state index is 13.1. The van der Waals surface area contributed by atoms with Gasteiger partial charge in [-0.3, -0.25) is 4.79 Å². The normalized spacial score (nSPS) is 15.4. The number of nitrogens with one attached hydrogen (secondary N) is 1. The molecular formula is C18H19ClFN3O. The fourth-order valence-electron chi connectivity index (χ4n) is 2.77. The van der Waals surface area contributed by atoms with E-state index in [4.69, 9.17) is 11.6 Å². The van der Waals surface area contributed by atoms with Gasteiger partial charge < -0.3 is 15.1 Å². The Morgan fingerprint density at radius 3 is 2.54 bits per heavy atom. The van der Waals surface area contributed by atoms with E-state index in [0.29, 0.717) is 0 Å². The van der Waals surface area contributed by atoms with E-state index in [9.17, 15) is 9.18 Å². The molecule has 1 fully saturated rings. The highest BCUT2D eigenvalue weighted by atomic mass is 35.5. The van der Waals surface area contributed by atoms with Crippen molar-refractivity contribution in [3.8, 4) is 0 Å². The summed E-state index contributed by atoms with van der Waals surface area (Å²) in [5, 5.41) is 3.00. The van der Waals surface area contributed by atoms with Gasteiger partial charge in [0, 0.05) is 26.2 Å². The van der Waals surface area contributed by atoms with Gasteiger partial charge in [0.25, 0.3) is 5.91 Å². The first-order valence-electron chi connectivity index (χ1n) is 7.83. The molecule has 0 spiro atoms. The number of benzene rings is 2. The summed E-state index contributed by atoms with van der Waals surface area (Å²) >= 11 is 5.98. The molecule has 2 aromatic carbocycles. The SMILES string of the molecule is CN1CCN(c2ccccc2NC(=O)c2ccc(F)cc2Cl)CC1. The van der Waals surface area contributed by atoms with Gasteiger partial charge in [-0.05, 0) is 37.4 Å². The molecular weight excluding hydrogens is 329 g/mol. The number of nitrogens with zero attached hydrogens (tertiary/aromatic N) is 2. The first kappa shape index (κ1) is 16.7. The number of anilines is 2. The van der Waals surface area contributed by atoms with Crippen molar-refractivity contribution in [1.82, 2.24) is 4.90 Å². The maximum Gasteiger partial charge on any atom is 0.257 e. The summed E-state index contributed by atoms with van der Waals surface area (Å²) in [4.78, 5) is 17.0. The third-order valence-corrected chi connectivity index (χ3v) is 4.48. The molecule has 1 aliphatic rings. The molecule has 0 bridgehead atoms. The summed E-state index contributed by atoms with van der Waals surface area (Å²) in [5.41, 5.74) is 1.97. The van der Waals surface area contributed by atoms with Crippen LogP contribution in [0.3, 0.4) is 0 Å². The highest BCUT2D eigenvalue weighted by molar-refractivity contribution is 6.34. The summed E-state index contributed by atoms with van der Waals surface area (Å²) in [7, 11) is 2.10. The van der Waals surface area contributed by atoms with Gasteiger partial charge >= 0.3 is 0 Å². The standard InChI is InChI=1S/C18H19ClFN3O/c1-22-8-10-23(11-9-22)17-5-3-2-4-16(17)21-18(24)14-7-6-13(20)12-15(14)19/h2-7,12H,8-11H2,1H3,(H,21,24). The number of carbonyl (C=O) groups excluding carboxylic acids is 1. The molecule has 1 saturated heterocycles. The number of para-hydroxylation sites is 2. The van der Waals surface area contributed by atoms with Crippen LogP contribution in [0.4, 0.5) is 15.8 Å². The van der Waals surface area contributed by atoms with Crippen LogP contribution in [0.5, 0.6) is 0 Å². The molecule has 1 heterocycles. The van der Waals surface area contributed by atoms with Gasteiger partial charge in [-0.1, -0.05) is 23.7 Å². The molecule has 6 heteroatoms. The third kappa shape index (κ3) is 3.68. The lowest BCUT2D eigenvalue weighted by Gasteiger charge is -2.35. The molecule has 24 heavy (non-hydrogen) atoms. The molecule has 0 unspecified atom stereocenters. The number of halogens is 2. The van der Waals surface area contributed by atoms with Crippen molar-refractivity contribution in [1.29, 1.82) is 0 Å². The van der Waals surface area contributed by atoms with Gasteiger partial charge in [-0.25, -0.2) is 4.39 Å². The Balaban J connectivity index is 1.81. The zero-order valence-electron chi connectivity index (χ0n) is 13.4. The van der Waals surface area contributed by atoms with Crippen LogP contribution in [-0.2, 0) is 0 Å². The number of carbonyl (C=O) groups is 1. The van der Waals surface area contributed by atoms with Crippen molar-refractivity contribution >= 4 is 28.9 Å². The number of likely N-dealkylation sites (N-methyl/N-ethyl adjacent to an activating group) is 1. The monoisotopic (exact) mass is 347 g/mol. The zero-order chi connectivity index (χ0) is 17.1. The Labute approximate surface area is 145 Å². The Morgan fingerprint density at radius 1 is 1.12 bits per heavy atom. The maximum atomic E-state index is 13.1. The van der Waals surface area contributed by atoms with Crippen LogP contribution in [0.1, 0.15) is 10.4 Å². The Hall–Kier alpha value is -2.11. The summed E-state index contributed by atoms with van der Waals surface area (Å²) in [6, 6.07) is 11.5. The lowest BCUT2D eigenvalue weighted by Crippen LogP contribution is -2.44. The summed E-state index contributed by atoms with van der Waals surface area (Å²) in [5.74, 6) is -0.809. The molecule has 3 rings (SSSR count). The second-order valence-corrected chi connectivity index (χ2v) is 6.29. The van der Waals surface area contributed by atoms with E-state index in [1.165, 1.54) is 12.1 Å². The molecule has 126 valence electrons. The second-order valence-electron chi connectivity index (χ2n) is 5.89. The van der Waals surface area contributed by atoms with Gasteiger partial charge in [-0.2, -0.15) is 0 Å². The van der Waals surface area contributed by atoms with Crippen molar-refractivity contribution in [2.75, 3.05) is 43.4 Å². The fourth-order valence-corrected chi connectivity index (χ4v) is 3.02. The van der Waals surface area contributed by atoms with Gasteiger partial charge in [0.15, 0.2) is 0 Å². The summed E-state index contributed by atoms with van der Waals surface area (Å²) in [6.45, 7) is 3.76. The largest absolute Gasteiger partial charge is 0.367 e. The van der Waals surface area contributed by atoms with Crippen molar-refractivity contribution in [2.24, 2.45) is 0 Å². The highest BCUT2D eigenvalue weighted by Crippen LogP contribution is 2.28. The van der Waals surface area contributed by atoms with Crippen LogP contribution < -0.4 is 10.2 Å². The number of piperazine rings is 1. The fraction of sp³-hybridized carbons (Fsp3) is 0.278. The molecule has 1 amide bonds. The Kier molecular flexibility index (Phi) is 5.02. The highest BCUT2D eigenvalue weighted by Gasteiger charge is 2.19. The smallest absolute Gasteiger partial charge is 0.257 e. The van der Waals surface area contributed by atoms with Crippen LogP contribution in [0.2, 0.25) is 5.02 Å². The Morgan fingerprint density at radius 2 is 1.83 bits per heavy atom. The van der Waals surface area contributed by atoms with E-state index in [1.807, 2.05) is 24.3 Å². The van der Waals surface area contributed by atoms with Crippen LogP contribution in [0.25, 0.3) is 0 Å². The minimum atomic E-state index is -0.464. The summed E-state index contributed by atoms with van der Waals surface area (Å²) < 4.78 is 13.1. The molecule has 1 aliphatic heterocycles. The van der Waals surface area contributed by atoms with Crippen LogP contribution in [-0.4, -0.2) is 44.0 Å². The molecule has 0 aromatic heterocycles. The van der Waals surface area contributed by atoms with Crippen LogP contribution >= 0.6 is 11.6 Å². The van der Waals surface area contributed by atoms with Crippen molar-refractivity contribution < 1.29 is 9.18 Å². The molecule has 0 atom stereocenters. The second kappa shape index (κ2) is 7.20. The number of amides is 1. The predicted molar refractivity (Wildman–Crippen MR) is 95.5 cm³/mol. The minimum absolute atomic E-state index is 0.101. The van der Waals surface area contributed by atoms with E-state index in [1.54, 1.807) is 0 Å². The lowest BCUT2D eigenvalue weighted by atomic mass is 10.1. The first-order valence-corrected chi connectivity index (χ1v) is 8.21. The van der Waals surface area contributed by atoms with Gasteiger partial charge in [0.1, 0.15) is 5.82 Å². The number of hydrogen-bond donors (Lipinski definition) is 1. The molecule has 1 N–H and O–H groups in total. The zero-order valence-corrected chi connectivity index (χ0v) is 14.2. The van der Waals surface area contributed by atoms with E-state index in [0.717, 1.165) is 43.6 Å². The van der Waals surface area contributed by atoms with Crippen LogP contribution in [0, 0.1) is 5.82 Å². The van der Waals surface area contributed by atoms with Gasteiger partial charge in [-0.15, -0.1) is 0 Å². The summed E-state index contributed by atoms with van der Waals surface area (Å²) in [6.07, 6.45) is 0. The van der Waals surface area contributed by atoms with Crippen molar-refractivity contribution in [3.05, 3.63) is 58.9 Å². The van der Waals surface area contributed by atoms with Crippen molar-refractivity contribution in [2.45, 2.75) is 0 Å².